The van der Waals surface area contributed by atoms with Crippen LogP contribution in [-0.2, 0) is 17.7 Å². The van der Waals surface area contributed by atoms with Crippen LogP contribution in [-0.4, -0.2) is 44.8 Å². The number of anilines is 2. The number of nitrogens with one attached hydrogen (secondary N) is 2. The molecule has 12 heteroatoms. The topological polar surface area (TPSA) is 100 Å². The Morgan fingerprint density at radius 2 is 1.97 bits per heavy atom. The average molecular weight is 527 g/mol. The molecule has 0 radical (unpaired) electrons. The van der Waals surface area contributed by atoms with Crippen molar-refractivity contribution in [1.29, 1.82) is 0 Å². The van der Waals surface area contributed by atoms with Gasteiger partial charge in [0.1, 0.15) is 0 Å². The van der Waals surface area contributed by atoms with Crippen LogP contribution in [0, 0.1) is 5.82 Å². The molecule has 0 saturated carbocycles. The monoisotopic (exact) mass is 527 g/mol. The van der Waals surface area contributed by atoms with Crippen molar-refractivity contribution in [1.82, 2.24) is 19.9 Å². The highest BCUT2D eigenvalue weighted by molar-refractivity contribution is 5.85. The van der Waals surface area contributed by atoms with Crippen LogP contribution in [0.25, 0.3) is 22.2 Å². The van der Waals surface area contributed by atoms with Crippen LogP contribution in [0.3, 0.4) is 0 Å². The third kappa shape index (κ3) is 5.15. The van der Waals surface area contributed by atoms with Crippen molar-refractivity contribution in [3.8, 4) is 11.4 Å². The summed E-state index contributed by atoms with van der Waals surface area (Å²) in [5.74, 6) is -0.459. The highest BCUT2D eigenvalue weighted by Crippen LogP contribution is 2.28. The fourth-order valence-electron chi connectivity index (χ4n) is 4.14. The van der Waals surface area contributed by atoms with Gasteiger partial charge in [0.25, 0.3) is 5.56 Å². The summed E-state index contributed by atoms with van der Waals surface area (Å²) in [6.07, 6.45) is -4.89. The van der Waals surface area contributed by atoms with Gasteiger partial charge in [-0.1, -0.05) is 12.1 Å². The van der Waals surface area contributed by atoms with Gasteiger partial charge in [-0.15, -0.1) is 0 Å². The van der Waals surface area contributed by atoms with Crippen LogP contribution in [0.5, 0.6) is 0 Å². The molecule has 38 heavy (non-hydrogen) atoms. The van der Waals surface area contributed by atoms with Crippen LogP contribution in [0.4, 0.5) is 33.9 Å². The lowest BCUT2D eigenvalue weighted by molar-refractivity contribution is -0.199. The van der Waals surface area contributed by atoms with E-state index in [4.69, 9.17) is 0 Å². The Labute approximate surface area is 213 Å². The summed E-state index contributed by atoms with van der Waals surface area (Å²) in [7, 11) is 0. The Balaban J connectivity index is 1.34. The first-order chi connectivity index (χ1) is 18.1. The third-order valence-electron chi connectivity index (χ3n) is 6.25. The number of halogens is 4. The van der Waals surface area contributed by atoms with E-state index in [0.717, 1.165) is 24.2 Å². The number of aromatic amines is 1. The predicted molar refractivity (Wildman–Crippen MR) is 131 cm³/mol. The highest BCUT2D eigenvalue weighted by atomic mass is 19.4. The van der Waals surface area contributed by atoms with Gasteiger partial charge in [0, 0.05) is 35.9 Å². The molecule has 8 nitrogen and oxygen atoms in total. The average Bonchev–Trinajstić information content (AvgIpc) is 2.89. The summed E-state index contributed by atoms with van der Waals surface area (Å²) < 4.78 is 57.3. The number of pyridine rings is 1. The fraction of sp³-hybridized carbons (Fsp3) is 0.231. The minimum Gasteiger partial charge on any atom is -0.437 e. The summed E-state index contributed by atoms with van der Waals surface area (Å²) in [6.45, 7) is 1.07. The lowest BCUT2D eigenvalue weighted by Crippen LogP contribution is -2.40. The van der Waals surface area contributed by atoms with Gasteiger partial charge >= 0.3 is 12.3 Å². The number of hydrogen-bond donors (Lipinski definition) is 2. The maximum absolute atomic E-state index is 14.5. The van der Waals surface area contributed by atoms with Crippen molar-refractivity contribution < 1.29 is 27.1 Å². The number of H-pyrrole nitrogens is 1. The van der Waals surface area contributed by atoms with Crippen molar-refractivity contribution in [2.75, 3.05) is 11.9 Å². The van der Waals surface area contributed by atoms with E-state index >= 15 is 0 Å². The highest BCUT2D eigenvalue weighted by Gasteiger charge is 2.40. The Morgan fingerprint density at radius 1 is 1.16 bits per heavy atom. The molecule has 2 aromatic carbocycles. The molecular formula is C26H21F4N5O3. The van der Waals surface area contributed by atoms with Crippen LogP contribution in [0.2, 0.25) is 0 Å². The normalized spacial score (nSPS) is 14.2. The molecule has 1 unspecified atom stereocenters. The van der Waals surface area contributed by atoms with E-state index in [-0.39, 0.29) is 30.3 Å². The van der Waals surface area contributed by atoms with Crippen molar-refractivity contribution >= 4 is 28.4 Å². The summed E-state index contributed by atoms with van der Waals surface area (Å²) >= 11 is 0. The molecule has 2 aromatic heterocycles. The van der Waals surface area contributed by atoms with Crippen LogP contribution < -0.4 is 10.9 Å². The molecule has 2 N–H and O–H groups in total. The standard InChI is InChI=1S/C26H21F4N5O3/c1-14(26(28,29)30)38-25(37)35-9-7-15-10-17(2-3-18(15)13-35)22-32-12-21(27)23(34-22)33-19-4-5-20-16(11-19)6-8-31-24(20)36/h2-6,8,10-12,14H,7,9,13H2,1H3,(H,31,36)(H,32,33,34). The minimum absolute atomic E-state index is 0.0513. The van der Waals surface area contributed by atoms with Crippen molar-refractivity contribution in [3.05, 3.63) is 82.2 Å². The van der Waals surface area contributed by atoms with Gasteiger partial charge in [0.2, 0.25) is 0 Å². The number of fused-ring (bicyclic) bond motifs is 2. The van der Waals surface area contributed by atoms with Crippen LogP contribution in [0.15, 0.2) is 59.7 Å². The fourth-order valence-corrected chi connectivity index (χ4v) is 4.14. The molecule has 1 amide bonds. The Kier molecular flexibility index (Phi) is 6.47. The van der Waals surface area contributed by atoms with Crippen LogP contribution in [0.1, 0.15) is 18.1 Å². The van der Waals surface area contributed by atoms with E-state index in [2.05, 4.69) is 25.0 Å². The summed E-state index contributed by atoms with van der Waals surface area (Å²) in [5, 5.41) is 4.10. The SMILES string of the molecule is CC(OC(=O)N1CCc2cc(-c3ncc(F)c(Nc4ccc5c(=O)[nH]ccc5c4)n3)ccc2C1)C(F)(F)F. The van der Waals surface area contributed by atoms with Crippen molar-refractivity contribution in [2.45, 2.75) is 32.2 Å². The lowest BCUT2D eigenvalue weighted by atomic mass is 9.97. The first kappa shape index (κ1) is 25.2. The molecular weight excluding hydrogens is 506 g/mol. The zero-order valence-electron chi connectivity index (χ0n) is 20.0. The van der Waals surface area contributed by atoms with E-state index in [1.54, 1.807) is 36.4 Å². The van der Waals surface area contributed by atoms with Gasteiger partial charge in [-0.05, 0) is 60.2 Å². The van der Waals surface area contributed by atoms with Gasteiger partial charge in [-0.2, -0.15) is 13.2 Å². The molecule has 3 heterocycles. The molecule has 1 aliphatic rings. The molecule has 0 fully saturated rings. The number of amides is 1. The van der Waals surface area contributed by atoms with Gasteiger partial charge in [-0.3, -0.25) is 4.79 Å². The zero-order chi connectivity index (χ0) is 27.0. The summed E-state index contributed by atoms with van der Waals surface area (Å²) in [4.78, 5) is 36.3. The zero-order valence-corrected chi connectivity index (χ0v) is 20.0. The Hall–Kier alpha value is -4.48. The number of hydrogen-bond acceptors (Lipinski definition) is 6. The molecule has 196 valence electrons. The smallest absolute Gasteiger partial charge is 0.425 e. The molecule has 4 aromatic rings. The quantitative estimate of drug-likeness (QED) is 0.349. The number of carbonyl (C=O) groups excluding carboxylic acids is 1. The van der Waals surface area contributed by atoms with E-state index < -0.39 is 24.2 Å². The first-order valence-corrected chi connectivity index (χ1v) is 11.6. The molecule has 1 aliphatic heterocycles. The lowest BCUT2D eigenvalue weighted by Gasteiger charge is -2.29. The number of ether oxygens (including phenoxy) is 1. The van der Waals surface area contributed by atoms with Gasteiger partial charge in [0.15, 0.2) is 23.6 Å². The largest absolute Gasteiger partial charge is 0.437 e. The number of carbonyl (C=O) groups is 1. The third-order valence-corrected chi connectivity index (χ3v) is 6.25. The van der Waals surface area contributed by atoms with Crippen LogP contribution >= 0.6 is 0 Å². The molecule has 0 spiro atoms. The number of nitrogens with zero attached hydrogens (tertiary/aromatic N) is 3. The number of rotatable bonds is 4. The first-order valence-electron chi connectivity index (χ1n) is 11.6. The number of benzene rings is 2. The predicted octanol–water partition coefficient (Wildman–Crippen LogP) is 5.31. The summed E-state index contributed by atoms with van der Waals surface area (Å²) in [6, 6.07) is 12.0. The second kappa shape index (κ2) is 9.77. The van der Waals surface area contributed by atoms with Crippen molar-refractivity contribution in [2.24, 2.45) is 0 Å². The molecule has 5 rings (SSSR count). The second-order valence-electron chi connectivity index (χ2n) is 8.85. The van der Waals surface area contributed by atoms with E-state index in [0.29, 0.717) is 28.4 Å². The van der Waals surface area contributed by atoms with E-state index in [9.17, 15) is 27.2 Å². The van der Waals surface area contributed by atoms with Crippen molar-refractivity contribution in [3.63, 3.8) is 0 Å². The maximum Gasteiger partial charge on any atom is 0.425 e. The minimum atomic E-state index is -4.63. The maximum atomic E-state index is 14.5. The second-order valence-corrected chi connectivity index (χ2v) is 8.85. The van der Waals surface area contributed by atoms with Gasteiger partial charge < -0.3 is 19.9 Å². The Bertz CT molecular complexity index is 1590. The molecule has 1 atom stereocenters. The number of aromatic nitrogens is 3. The van der Waals surface area contributed by atoms with E-state index in [1.807, 2.05) is 6.07 Å². The van der Waals surface area contributed by atoms with Gasteiger partial charge in [-0.25, -0.2) is 19.2 Å². The molecule has 0 aliphatic carbocycles. The van der Waals surface area contributed by atoms with E-state index in [1.165, 1.54) is 11.1 Å². The number of alkyl halides is 3. The summed E-state index contributed by atoms with van der Waals surface area (Å²) in [5.41, 5.74) is 2.54. The molecule has 0 bridgehead atoms. The molecule has 0 saturated heterocycles. The van der Waals surface area contributed by atoms with Gasteiger partial charge in [0.05, 0.1) is 6.20 Å². The Morgan fingerprint density at radius 3 is 2.76 bits per heavy atom.